The molecule has 2 aromatic carbocycles. The van der Waals surface area contributed by atoms with Crippen LogP contribution in [0.2, 0.25) is 0 Å². The topological polar surface area (TPSA) is 145 Å². The molecule has 4 aromatic rings. The summed E-state index contributed by atoms with van der Waals surface area (Å²) in [7, 11) is 1.79. The van der Waals surface area contributed by atoms with E-state index in [0.717, 1.165) is 43.1 Å². The van der Waals surface area contributed by atoms with E-state index in [2.05, 4.69) is 42.2 Å². The first-order chi connectivity index (χ1) is 19.9. The Morgan fingerprint density at radius 3 is 2.63 bits per heavy atom. The molecule has 41 heavy (non-hydrogen) atoms. The van der Waals surface area contributed by atoms with Crippen molar-refractivity contribution in [1.29, 1.82) is 5.53 Å². The van der Waals surface area contributed by atoms with Gasteiger partial charge in [-0.1, -0.05) is 6.58 Å². The number of hydrogen-bond donors (Lipinski definition) is 3. The van der Waals surface area contributed by atoms with Crippen molar-refractivity contribution in [2.24, 2.45) is 17.0 Å². The average molecular weight is 551 g/mol. The summed E-state index contributed by atoms with van der Waals surface area (Å²) < 4.78 is 6.08. The van der Waals surface area contributed by atoms with Gasteiger partial charge in [-0.3, -0.25) is 4.79 Å². The number of nitrogens with zero attached hydrogens (tertiary/aromatic N) is 7. The van der Waals surface area contributed by atoms with Crippen LogP contribution < -0.4 is 20.3 Å². The Kier molecular flexibility index (Phi) is 6.88. The van der Waals surface area contributed by atoms with Crippen LogP contribution in [0.1, 0.15) is 5.56 Å². The molecule has 208 valence electrons. The molecule has 2 atom stereocenters. The molecule has 2 fully saturated rings. The Balaban J connectivity index is 1.19. The summed E-state index contributed by atoms with van der Waals surface area (Å²) in [4.78, 5) is 34.4. The number of carbonyl (C=O) groups is 1. The lowest BCUT2D eigenvalue weighted by Crippen LogP contribution is -2.32. The molecule has 12 heteroatoms. The van der Waals surface area contributed by atoms with Crippen LogP contribution in [-0.2, 0) is 4.79 Å². The van der Waals surface area contributed by atoms with Gasteiger partial charge in [-0.25, -0.2) is 25.5 Å². The maximum absolute atomic E-state index is 12.0. The van der Waals surface area contributed by atoms with Gasteiger partial charge in [0.15, 0.2) is 5.82 Å². The van der Waals surface area contributed by atoms with Gasteiger partial charge in [0.05, 0.1) is 11.9 Å². The zero-order valence-electron chi connectivity index (χ0n) is 22.8. The first-order valence-corrected chi connectivity index (χ1v) is 13.3. The third-order valence-electron chi connectivity index (χ3n) is 7.64. The first-order valence-electron chi connectivity index (χ1n) is 13.3. The van der Waals surface area contributed by atoms with E-state index in [-0.39, 0.29) is 5.91 Å². The maximum atomic E-state index is 12.0. The molecule has 6 rings (SSSR count). The predicted octanol–water partition coefficient (Wildman–Crippen LogP) is 5.05. The highest BCUT2D eigenvalue weighted by Crippen LogP contribution is 2.35. The summed E-state index contributed by atoms with van der Waals surface area (Å²) in [5.41, 5.74) is 11.7. The number of aromatic nitrogens is 4. The minimum absolute atomic E-state index is 0.00647. The Hall–Kier alpha value is -5.13. The number of benzene rings is 2. The van der Waals surface area contributed by atoms with Crippen molar-refractivity contribution in [3.63, 3.8) is 0 Å². The lowest BCUT2D eigenvalue weighted by molar-refractivity contribution is -0.125. The fourth-order valence-electron chi connectivity index (χ4n) is 5.54. The minimum Gasteiger partial charge on any atom is -0.457 e. The molecule has 1 amide bonds. The van der Waals surface area contributed by atoms with Gasteiger partial charge in [-0.05, 0) is 48.9 Å². The van der Waals surface area contributed by atoms with Crippen LogP contribution in [0.3, 0.4) is 0 Å². The van der Waals surface area contributed by atoms with Gasteiger partial charge >= 0.3 is 0 Å². The molecule has 0 bridgehead atoms. The molecule has 2 aromatic heterocycles. The molecular formula is C29H30N10O2. The molecular weight excluding hydrogens is 520 g/mol. The lowest BCUT2D eigenvalue weighted by atomic mass is 10.0. The van der Waals surface area contributed by atoms with Crippen LogP contribution in [0.25, 0.3) is 11.0 Å². The van der Waals surface area contributed by atoms with Gasteiger partial charge in [-0.2, -0.15) is 5.11 Å². The van der Waals surface area contributed by atoms with E-state index in [1.165, 1.54) is 12.4 Å². The second-order valence-electron chi connectivity index (χ2n) is 10.2. The highest BCUT2D eigenvalue weighted by Gasteiger charge is 2.41. The number of nitrogens with one attached hydrogen (secondary N) is 3. The summed E-state index contributed by atoms with van der Waals surface area (Å²) in [6, 6.07) is 11.2. The number of anilines is 4. The minimum atomic E-state index is -0.00647. The van der Waals surface area contributed by atoms with E-state index in [1.807, 2.05) is 42.2 Å². The molecule has 0 saturated carbocycles. The molecule has 4 heterocycles. The van der Waals surface area contributed by atoms with Crippen molar-refractivity contribution in [3.8, 4) is 11.5 Å². The molecule has 2 saturated heterocycles. The molecule has 2 unspecified atom stereocenters. The Labute approximate surface area is 237 Å². The van der Waals surface area contributed by atoms with E-state index in [0.29, 0.717) is 51.8 Å². The van der Waals surface area contributed by atoms with Gasteiger partial charge in [0.25, 0.3) is 0 Å². The zero-order chi connectivity index (χ0) is 28.5. The van der Waals surface area contributed by atoms with E-state index in [1.54, 1.807) is 19.3 Å². The van der Waals surface area contributed by atoms with Gasteiger partial charge in [0.1, 0.15) is 34.5 Å². The molecule has 0 spiro atoms. The van der Waals surface area contributed by atoms with Crippen LogP contribution in [0.4, 0.5) is 28.8 Å². The van der Waals surface area contributed by atoms with Crippen LogP contribution in [0.5, 0.6) is 11.5 Å². The average Bonchev–Trinajstić information content (AvgIpc) is 3.58. The summed E-state index contributed by atoms with van der Waals surface area (Å²) in [5, 5.41) is 9.95. The van der Waals surface area contributed by atoms with Gasteiger partial charge in [0, 0.05) is 56.8 Å². The number of amides is 1. The number of fused-ring (bicyclic) bond motifs is 2. The predicted molar refractivity (Wildman–Crippen MR) is 156 cm³/mol. The zero-order valence-corrected chi connectivity index (χ0v) is 22.8. The maximum Gasteiger partial charge on any atom is 0.245 e. The normalized spacial score (nSPS) is 17.8. The molecule has 2 aliphatic rings. The first kappa shape index (κ1) is 26.1. The molecule has 0 radical (unpaired) electrons. The SMILES string of the molecule is C=CC(=O)N1CC2CN(c3ncc4ncnc(Nc5ccc(Oc6ccc(NC)c(N=N)c6)c(C)c5)c4n3)CC2C1. The van der Waals surface area contributed by atoms with Gasteiger partial charge in [0.2, 0.25) is 11.9 Å². The van der Waals surface area contributed by atoms with Gasteiger partial charge < -0.3 is 25.2 Å². The van der Waals surface area contributed by atoms with Crippen LogP contribution in [0, 0.1) is 24.3 Å². The Bertz CT molecular complexity index is 1640. The summed E-state index contributed by atoms with van der Waals surface area (Å²) in [5.74, 6) is 3.27. The number of ether oxygens (including phenoxy) is 1. The highest BCUT2D eigenvalue weighted by atomic mass is 16.5. The van der Waals surface area contributed by atoms with Crippen LogP contribution in [0.15, 0.2) is 66.7 Å². The van der Waals surface area contributed by atoms with E-state index in [4.69, 9.17) is 15.3 Å². The molecule has 12 nitrogen and oxygen atoms in total. The largest absolute Gasteiger partial charge is 0.457 e. The summed E-state index contributed by atoms with van der Waals surface area (Å²) in [6.07, 6.45) is 4.61. The second kappa shape index (κ2) is 10.8. The number of likely N-dealkylation sites (tertiary alicyclic amines) is 1. The highest BCUT2D eigenvalue weighted by molar-refractivity contribution is 5.88. The second-order valence-corrected chi connectivity index (χ2v) is 10.2. The van der Waals surface area contributed by atoms with Crippen molar-refractivity contribution in [3.05, 3.63) is 67.1 Å². The number of aryl methyl sites for hydroxylation is 1. The lowest BCUT2D eigenvalue weighted by Gasteiger charge is -2.21. The fraction of sp³-hybridized carbons (Fsp3) is 0.276. The van der Waals surface area contributed by atoms with Crippen molar-refractivity contribution in [2.75, 3.05) is 48.8 Å². The molecule has 2 aliphatic heterocycles. The van der Waals surface area contributed by atoms with Crippen molar-refractivity contribution in [1.82, 2.24) is 24.8 Å². The summed E-state index contributed by atoms with van der Waals surface area (Å²) >= 11 is 0. The third-order valence-corrected chi connectivity index (χ3v) is 7.64. The smallest absolute Gasteiger partial charge is 0.245 e. The third kappa shape index (κ3) is 5.11. The van der Waals surface area contributed by atoms with Crippen molar-refractivity contribution in [2.45, 2.75) is 6.92 Å². The van der Waals surface area contributed by atoms with Gasteiger partial charge in [-0.15, -0.1) is 0 Å². The quantitative estimate of drug-likeness (QED) is 0.203. The monoisotopic (exact) mass is 550 g/mol. The number of hydrogen-bond acceptors (Lipinski definition) is 11. The van der Waals surface area contributed by atoms with Crippen molar-refractivity contribution < 1.29 is 9.53 Å². The number of carbonyl (C=O) groups excluding carboxylic acids is 1. The van der Waals surface area contributed by atoms with Crippen LogP contribution >= 0.6 is 0 Å². The van der Waals surface area contributed by atoms with E-state index >= 15 is 0 Å². The molecule has 3 N–H and O–H groups in total. The Morgan fingerprint density at radius 2 is 1.93 bits per heavy atom. The van der Waals surface area contributed by atoms with Crippen LogP contribution in [-0.4, -0.2) is 64.0 Å². The standard InChI is InChI=1S/C29H30N10O2/c1-4-26(40)38-12-18-14-39(15-19(18)13-38)29-32-11-24-27(36-29)28(34-16-33-24)35-20-5-8-25(17(2)9-20)41-21-6-7-22(31-3)23(10-21)37-30/h4-11,16,18-19,30-31H,1,12-15H2,2-3H3,(H,33,34,35). The van der Waals surface area contributed by atoms with Crippen molar-refractivity contribution >= 4 is 45.8 Å². The summed E-state index contributed by atoms with van der Waals surface area (Å²) in [6.45, 7) is 8.63. The number of rotatable bonds is 8. The molecule has 0 aliphatic carbocycles. The Morgan fingerprint density at radius 1 is 1.12 bits per heavy atom. The van der Waals surface area contributed by atoms with E-state index < -0.39 is 0 Å². The fourth-order valence-corrected chi connectivity index (χ4v) is 5.54. The van der Waals surface area contributed by atoms with E-state index in [9.17, 15) is 4.79 Å².